The van der Waals surface area contributed by atoms with Crippen LogP contribution in [0, 0.1) is 11.3 Å². The molecule has 0 saturated carbocycles. The molecule has 1 aliphatic heterocycles. The van der Waals surface area contributed by atoms with Crippen LogP contribution in [-0.4, -0.2) is 48.5 Å². The van der Waals surface area contributed by atoms with Crippen LogP contribution in [0.15, 0.2) is 42.6 Å². The summed E-state index contributed by atoms with van der Waals surface area (Å²) in [7, 11) is 0. The second-order valence-corrected chi connectivity index (χ2v) is 7.08. The first kappa shape index (κ1) is 18.9. The topological polar surface area (TPSA) is 72.3 Å². The van der Waals surface area contributed by atoms with E-state index in [2.05, 4.69) is 46.1 Å². The highest BCUT2D eigenvalue weighted by Gasteiger charge is 2.21. The van der Waals surface area contributed by atoms with Gasteiger partial charge in [0.2, 0.25) is 5.91 Å². The maximum absolute atomic E-state index is 12.4. The molecule has 1 N–H and O–H groups in total. The minimum absolute atomic E-state index is 0.0000869. The molecule has 0 bridgehead atoms. The lowest BCUT2D eigenvalue weighted by atomic mass is 10.0. The molecule has 1 amide bonds. The molecule has 140 valence electrons. The summed E-state index contributed by atoms with van der Waals surface area (Å²) < 4.78 is 0. The van der Waals surface area contributed by atoms with E-state index in [1.165, 1.54) is 5.56 Å². The number of nitrogens with zero attached hydrogens (tertiary/aromatic N) is 4. The molecule has 1 saturated heterocycles. The van der Waals surface area contributed by atoms with Crippen LogP contribution in [0.25, 0.3) is 0 Å². The lowest BCUT2D eigenvalue weighted by Crippen LogP contribution is -2.49. The summed E-state index contributed by atoms with van der Waals surface area (Å²) >= 11 is 0. The third-order valence-electron chi connectivity index (χ3n) is 4.78. The molecule has 27 heavy (non-hydrogen) atoms. The standard InChI is InChI=1S/C21H25N5O/c1-16(2)17-5-3-7-19(13-17)24-20(27)15-25-9-11-26(12-10-25)21-18(14-22)6-4-8-23-21/h3-8,13,16H,9-12,15H2,1-2H3,(H,24,27). The zero-order valence-corrected chi connectivity index (χ0v) is 15.9. The van der Waals surface area contributed by atoms with Gasteiger partial charge in [-0.15, -0.1) is 0 Å². The summed E-state index contributed by atoms with van der Waals surface area (Å²) in [5, 5.41) is 12.2. The fourth-order valence-corrected chi connectivity index (χ4v) is 3.23. The number of hydrogen-bond acceptors (Lipinski definition) is 5. The predicted octanol–water partition coefficient (Wildman–Crippen LogP) is 2.84. The van der Waals surface area contributed by atoms with Crippen LogP contribution in [0.2, 0.25) is 0 Å². The van der Waals surface area contributed by atoms with Crippen molar-refractivity contribution in [2.24, 2.45) is 0 Å². The van der Waals surface area contributed by atoms with Crippen molar-refractivity contribution in [1.82, 2.24) is 9.88 Å². The number of benzene rings is 1. The molecule has 1 aromatic carbocycles. The van der Waals surface area contributed by atoms with Gasteiger partial charge in [-0.25, -0.2) is 4.98 Å². The van der Waals surface area contributed by atoms with Crippen molar-refractivity contribution in [1.29, 1.82) is 5.26 Å². The quantitative estimate of drug-likeness (QED) is 0.884. The van der Waals surface area contributed by atoms with Crippen molar-refractivity contribution in [3.05, 3.63) is 53.7 Å². The van der Waals surface area contributed by atoms with Gasteiger partial charge in [-0.1, -0.05) is 26.0 Å². The van der Waals surface area contributed by atoms with E-state index in [0.717, 1.165) is 37.7 Å². The Morgan fingerprint density at radius 3 is 2.70 bits per heavy atom. The van der Waals surface area contributed by atoms with Gasteiger partial charge in [-0.2, -0.15) is 5.26 Å². The second-order valence-electron chi connectivity index (χ2n) is 7.08. The van der Waals surface area contributed by atoms with Crippen LogP contribution in [-0.2, 0) is 4.79 Å². The lowest BCUT2D eigenvalue weighted by Gasteiger charge is -2.35. The van der Waals surface area contributed by atoms with E-state index in [1.807, 2.05) is 18.2 Å². The van der Waals surface area contributed by atoms with E-state index in [1.54, 1.807) is 18.3 Å². The molecule has 0 unspecified atom stereocenters. The zero-order valence-electron chi connectivity index (χ0n) is 15.9. The molecular weight excluding hydrogens is 338 g/mol. The van der Waals surface area contributed by atoms with Crippen molar-refractivity contribution >= 4 is 17.4 Å². The van der Waals surface area contributed by atoms with Gasteiger partial charge in [-0.3, -0.25) is 9.69 Å². The number of piperazine rings is 1. The minimum Gasteiger partial charge on any atom is -0.353 e. The number of nitrogens with one attached hydrogen (secondary N) is 1. The first-order valence-electron chi connectivity index (χ1n) is 9.29. The number of carbonyl (C=O) groups is 1. The highest BCUT2D eigenvalue weighted by atomic mass is 16.2. The Labute approximate surface area is 160 Å². The molecule has 1 aliphatic rings. The highest BCUT2D eigenvalue weighted by Crippen LogP contribution is 2.19. The number of rotatable bonds is 5. The van der Waals surface area contributed by atoms with Gasteiger partial charge in [-0.05, 0) is 35.7 Å². The van der Waals surface area contributed by atoms with Crippen molar-refractivity contribution < 1.29 is 4.79 Å². The van der Waals surface area contributed by atoms with E-state index in [0.29, 0.717) is 18.0 Å². The zero-order chi connectivity index (χ0) is 19.2. The van der Waals surface area contributed by atoms with Crippen molar-refractivity contribution in [3.8, 4) is 6.07 Å². The summed E-state index contributed by atoms with van der Waals surface area (Å²) in [6.45, 7) is 7.68. The molecule has 3 rings (SSSR count). The van der Waals surface area contributed by atoms with E-state index in [-0.39, 0.29) is 5.91 Å². The second kappa shape index (κ2) is 8.65. The molecule has 2 aromatic rings. The molecule has 6 heteroatoms. The van der Waals surface area contributed by atoms with E-state index in [4.69, 9.17) is 0 Å². The number of amides is 1. The van der Waals surface area contributed by atoms with Gasteiger partial charge in [0.15, 0.2) is 0 Å². The summed E-state index contributed by atoms with van der Waals surface area (Å²) in [5.41, 5.74) is 2.65. The Balaban J connectivity index is 1.52. The Morgan fingerprint density at radius 1 is 1.22 bits per heavy atom. The molecule has 0 aliphatic carbocycles. The van der Waals surface area contributed by atoms with Crippen LogP contribution >= 0.6 is 0 Å². The van der Waals surface area contributed by atoms with Crippen molar-refractivity contribution in [2.75, 3.05) is 42.9 Å². The fraction of sp³-hybridized carbons (Fsp3) is 0.381. The SMILES string of the molecule is CC(C)c1cccc(NC(=O)CN2CCN(c3ncccc3C#N)CC2)c1. The first-order valence-corrected chi connectivity index (χ1v) is 9.29. The summed E-state index contributed by atoms with van der Waals surface area (Å²) in [6, 6.07) is 13.8. The van der Waals surface area contributed by atoms with E-state index >= 15 is 0 Å². The van der Waals surface area contributed by atoms with Gasteiger partial charge in [0.05, 0.1) is 12.1 Å². The predicted molar refractivity (Wildman–Crippen MR) is 107 cm³/mol. The third kappa shape index (κ3) is 4.83. The van der Waals surface area contributed by atoms with Crippen molar-refractivity contribution in [3.63, 3.8) is 0 Å². The number of aromatic nitrogens is 1. The molecular formula is C21H25N5O. The smallest absolute Gasteiger partial charge is 0.238 e. The van der Waals surface area contributed by atoms with Gasteiger partial charge in [0.1, 0.15) is 11.9 Å². The number of pyridine rings is 1. The maximum atomic E-state index is 12.4. The maximum Gasteiger partial charge on any atom is 0.238 e. The monoisotopic (exact) mass is 363 g/mol. The van der Waals surface area contributed by atoms with Crippen LogP contribution in [0.4, 0.5) is 11.5 Å². The fourth-order valence-electron chi connectivity index (χ4n) is 3.23. The number of anilines is 2. The lowest BCUT2D eigenvalue weighted by molar-refractivity contribution is -0.117. The molecule has 1 fully saturated rings. The number of nitriles is 1. The largest absolute Gasteiger partial charge is 0.353 e. The average molecular weight is 363 g/mol. The Kier molecular flexibility index (Phi) is 6.05. The molecule has 6 nitrogen and oxygen atoms in total. The Hall–Kier alpha value is -2.91. The molecule has 0 radical (unpaired) electrons. The van der Waals surface area contributed by atoms with Gasteiger partial charge >= 0.3 is 0 Å². The molecule has 2 heterocycles. The number of carbonyl (C=O) groups excluding carboxylic acids is 1. The van der Waals surface area contributed by atoms with Crippen LogP contribution < -0.4 is 10.2 Å². The van der Waals surface area contributed by atoms with Crippen LogP contribution in [0.5, 0.6) is 0 Å². The van der Waals surface area contributed by atoms with E-state index in [9.17, 15) is 10.1 Å². The van der Waals surface area contributed by atoms with Gasteiger partial charge in [0.25, 0.3) is 0 Å². The van der Waals surface area contributed by atoms with Crippen molar-refractivity contribution in [2.45, 2.75) is 19.8 Å². The molecule has 0 atom stereocenters. The first-order chi connectivity index (χ1) is 13.1. The highest BCUT2D eigenvalue weighted by molar-refractivity contribution is 5.92. The Bertz CT molecular complexity index is 834. The minimum atomic E-state index is -0.0000869. The number of hydrogen-bond donors (Lipinski definition) is 1. The Morgan fingerprint density at radius 2 is 2.00 bits per heavy atom. The summed E-state index contributed by atoms with van der Waals surface area (Å²) in [6.07, 6.45) is 1.71. The van der Waals surface area contributed by atoms with Gasteiger partial charge in [0, 0.05) is 38.1 Å². The molecule has 1 aromatic heterocycles. The van der Waals surface area contributed by atoms with E-state index < -0.39 is 0 Å². The molecule has 0 spiro atoms. The third-order valence-corrected chi connectivity index (χ3v) is 4.78. The van der Waals surface area contributed by atoms with Gasteiger partial charge < -0.3 is 10.2 Å². The normalized spacial score (nSPS) is 14.8. The average Bonchev–Trinajstić information content (AvgIpc) is 2.68. The van der Waals surface area contributed by atoms with Crippen LogP contribution in [0.1, 0.15) is 30.9 Å². The summed E-state index contributed by atoms with van der Waals surface area (Å²) in [4.78, 5) is 21.0. The summed E-state index contributed by atoms with van der Waals surface area (Å²) in [5.74, 6) is 1.16. The van der Waals surface area contributed by atoms with Crippen LogP contribution in [0.3, 0.4) is 0 Å².